The van der Waals surface area contributed by atoms with Gasteiger partial charge in [0.25, 0.3) is 0 Å². The Morgan fingerprint density at radius 1 is 0.952 bits per heavy atom. The van der Waals surface area contributed by atoms with Gasteiger partial charge in [0.2, 0.25) is 0 Å². The van der Waals surface area contributed by atoms with Crippen LogP contribution < -0.4 is 9.47 Å². The average Bonchev–Trinajstić information content (AvgIpc) is 2.53. The minimum atomic E-state index is 0.713. The zero-order valence-corrected chi connectivity index (χ0v) is 13.9. The maximum atomic E-state index is 5.41. The summed E-state index contributed by atoms with van der Waals surface area (Å²) in [5, 5.41) is 2.14. The highest BCUT2D eigenvalue weighted by Gasteiger charge is 2.12. The van der Waals surface area contributed by atoms with Crippen LogP contribution in [-0.2, 0) is 0 Å². The van der Waals surface area contributed by atoms with E-state index < -0.39 is 0 Å². The molecule has 3 aromatic rings. The van der Waals surface area contributed by atoms with E-state index in [-0.39, 0.29) is 0 Å². The number of aromatic nitrogens is 1. The zero-order chi connectivity index (χ0) is 14.8. The van der Waals surface area contributed by atoms with Crippen molar-refractivity contribution in [3.05, 3.63) is 52.2 Å². The molecule has 0 radical (unpaired) electrons. The summed E-state index contributed by atoms with van der Waals surface area (Å²) >= 11 is 2.33. The predicted octanol–water partition coefficient (Wildman–Crippen LogP) is 4.52. The van der Waals surface area contributed by atoms with Crippen molar-refractivity contribution in [2.75, 3.05) is 14.2 Å². The molecular formula is C17H14INO2. The van der Waals surface area contributed by atoms with E-state index in [1.807, 2.05) is 36.5 Å². The van der Waals surface area contributed by atoms with Gasteiger partial charge >= 0.3 is 0 Å². The third-order valence-corrected chi connectivity index (χ3v) is 4.34. The normalized spacial score (nSPS) is 10.6. The zero-order valence-electron chi connectivity index (χ0n) is 11.8. The van der Waals surface area contributed by atoms with Crippen LogP contribution in [0.4, 0.5) is 0 Å². The molecule has 4 heteroatoms. The lowest BCUT2D eigenvalue weighted by Crippen LogP contribution is -1.93. The van der Waals surface area contributed by atoms with Crippen molar-refractivity contribution in [1.29, 1.82) is 0 Å². The van der Waals surface area contributed by atoms with Crippen molar-refractivity contribution in [2.24, 2.45) is 0 Å². The van der Waals surface area contributed by atoms with Crippen molar-refractivity contribution in [2.45, 2.75) is 0 Å². The van der Waals surface area contributed by atoms with Crippen LogP contribution in [0.1, 0.15) is 0 Å². The smallest absolute Gasteiger partial charge is 0.161 e. The quantitative estimate of drug-likeness (QED) is 0.616. The van der Waals surface area contributed by atoms with Gasteiger partial charge in [0.15, 0.2) is 11.5 Å². The molecule has 1 aromatic heterocycles. The van der Waals surface area contributed by atoms with Gasteiger partial charge in [-0.25, -0.2) is 0 Å². The molecule has 0 unspecified atom stereocenters. The summed E-state index contributed by atoms with van der Waals surface area (Å²) in [6.45, 7) is 0. The van der Waals surface area contributed by atoms with Gasteiger partial charge in [-0.1, -0.05) is 18.2 Å². The monoisotopic (exact) mass is 391 g/mol. The standard InChI is InChI=1S/C17H14INO2/c1-20-15-9-11-7-8-19-17(13(11)10-16(15)21-2)12-5-3-4-6-14(12)18/h3-10H,1-2H3. The van der Waals surface area contributed by atoms with E-state index in [0.29, 0.717) is 5.75 Å². The molecule has 1 heterocycles. The highest BCUT2D eigenvalue weighted by molar-refractivity contribution is 14.1. The number of nitrogens with zero attached hydrogens (tertiary/aromatic N) is 1. The minimum absolute atomic E-state index is 0.713. The summed E-state index contributed by atoms with van der Waals surface area (Å²) in [6.07, 6.45) is 1.83. The first-order valence-corrected chi connectivity index (χ1v) is 7.58. The van der Waals surface area contributed by atoms with E-state index >= 15 is 0 Å². The lowest BCUT2D eigenvalue weighted by atomic mass is 10.0. The SMILES string of the molecule is COc1cc2ccnc(-c3ccccc3I)c2cc1OC. The van der Waals surface area contributed by atoms with Gasteiger partial charge < -0.3 is 9.47 Å². The Morgan fingerprint density at radius 3 is 2.38 bits per heavy atom. The minimum Gasteiger partial charge on any atom is -0.493 e. The van der Waals surface area contributed by atoms with Crippen LogP contribution in [0.2, 0.25) is 0 Å². The lowest BCUT2D eigenvalue weighted by molar-refractivity contribution is 0.356. The summed E-state index contributed by atoms with van der Waals surface area (Å²) in [5.74, 6) is 1.44. The number of rotatable bonds is 3. The third-order valence-electron chi connectivity index (χ3n) is 3.40. The summed E-state index contributed by atoms with van der Waals surface area (Å²) in [4.78, 5) is 4.57. The molecule has 106 valence electrons. The van der Waals surface area contributed by atoms with Gasteiger partial charge in [-0.15, -0.1) is 0 Å². The van der Waals surface area contributed by atoms with Crippen LogP contribution in [0.25, 0.3) is 22.0 Å². The molecule has 3 nitrogen and oxygen atoms in total. The highest BCUT2D eigenvalue weighted by atomic mass is 127. The van der Waals surface area contributed by atoms with Crippen LogP contribution >= 0.6 is 22.6 Å². The van der Waals surface area contributed by atoms with E-state index in [9.17, 15) is 0 Å². The molecule has 0 N–H and O–H groups in total. The van der Waals surface area contributed by atoms with Gasteiger partial charge in [0.1, 0.15) is 0 Å². The van der Waals surface area contributed by atoms with Crippen LogP contribution in [0, 0.1) is 3.57 Å². The molecule has 21 heavy (non-hydrogen) atoms. The Hall–Kier alpha value is -1.82. The molecule has 0 spiro atoms. The maximum absolute atomic E-state index is 5.41. The molecule has 2 aromatic carbocycles. The number of hydrogen-bond acceptors (Lipinski definition) is 3. The van der Waals surface area contributed by atoms with Crippen molar-refractivity contribution in [3.63, 3.8) is 0 Å². The topological polar surface area (TPSA) is 31.4 Å². The molecule has 3 rings (SSSR count). The molecule has 0 aliphatic heterocycles. The van der Waals surface area contributed by atoms with Gasteiger partial charge in [0, 0.05) is 20.7 Å². The van der Waals surface area contributed by atoms with Crippen molar-refractivity contribution >= 4 is 33.4 Å². The average molecular weight is 391 g/mol. The number of fused-ring (bicyclic) bond motifs is 1. The first kappa shape index (κ1) is 14.1. The number of ether oxygens (including phenoxy) is 2. The van der Waals surface area contributed by atoms with E-state index in [0.717, 1.165) is 27.8 Å². The number of pyridine rings is 1. The van der Waals surface area contributed by atoms with Crippen molar-refractivity contribution < 1.29 is 9.47 Å². The Labute approximate surface area is 137 Å². The van der Waals surface area contributed by atoms with Crippen LogP contribution in [0.3, 0.4) is 0 Å². The van der Waals surface area contributed by atoms with E-state index in [1.165, 1.54) is 3.57 Å². The Balaban J connectivity index is 2.32. The van der Waals surface area contributed by atoms with E-state index in [1.54, 1.807) is 14.2 Å². The molecule has 0 aliphatic rings. The van der Waals surface area contributed by atoms with Crippen molar-refractivity contribution in [3.8, 4) is 22.8 Å². The summed E-state index contributed by atoms with van der Waals surface area (Å²) < 4.78 is 11.9. The number of halogens is 1. The second kappa shape index (κ2) is 5.89. The first-order chi connectivity index (χ1) is 10.2. The first-order valence-electron chi connectivity index (χ1n) is 6.50. The van der Waals surface area contributed by atoms with E-state index in [4.69, 9.17) is 9.47 Å². The van der Waals surface area contributed by atoms with E-state index in [2.05, 4.69) is 39.7 Å². The second-order valence-electron chi connectivity index (χ2n) is 4.57. The number of methoxy groups -OCH3 is 2. The van der Waals surface area contributed by atoms with Gasteiger partial charge in [-0.05, 0) is 52.2 Å². The fraction of sp³-hybridized carbons (Fsp3) is 0.118. The Bertz CT molecular complexity index is 802. The molecule has 0 fully saturated rings. The fourth-order valence-corrected chi connectivity index (χ4v) is 3.01. The lowest BCUT2D eigenvalue weighted by Gasteiger charge is -2.12. The molecule has 0 saturated carbocycles. The predicted molar refractivity (Wildman–Crippen MR) is 93.0 cm³/mol. The van der Waals surface area contributed by atoms with Gasteiger partial charge in [-0.3, -0.25) is 4.98 Å². The number of benzene rings is 2. The van der Waals surface area contributed by atoms with Crippen LogP contribution in [0.15, 0.2) is 48.7 Å². The molecule has 0 aliphatic carbocycles. The molecular weight excluding hydrogens is 377 g/mol. The van der Waals surface area contributed by atoms with Crippen LogP contribution in [-0.4, -0.2) is 19.2 Å². The summed E-state index contributed by atoms with van der Waals surface area (Å²) in [7, 11) is 3.29. The summed E-state index contributed by atoms with van der Waals surface area (Å²) in [5.41, 5.74) is 2.08. The molecule has 0 bridgehead atoms. The second-order valence-corrected chi connectivity index (χ2v) is 5.73. The largest absolute Gasteiger partial charge is 0.493 e. The Kier molecular flexibility index (Phi) is 3.96. The van der Waals surface area contributed by atoms with Gasteiger partial charge in [0.05, 0.1) is 19.9 Å². The highest BCUT2D eigenvalue weighted by Crippen LogP contribution is 2.36. The molecule has 0 amide bonds. The number of hydrogen-bond donors (Lipinski definition) is 0. The maximum Gasteiger partial charge on any atom is 0.161 e. The third kappa shape index (κ3) is 2.55. The Morgan fingerprint density at radius 2 is 1.67 bits per heavy atom. The molecule has 0 saturated heterocycles. The summed E-state index contributed by atoms with van der Waals surface area (Å²) in [6, 6.07) is 14.2. The molecule has 0 atom stereocenters. The van der Waals surface area contributed by atoms with Gasteiger partial charge in [-0.2, -0.15) is 0 Å². The van der Waals surface area contributed by atoms with Crippen molar-refractivity contribution in [1.82, 2.24) is 4.98 Å². The van der Waals surface area contributed by atoms with Crippen LogP contribution in [0.5, 0.6) is 11.5 Å². The fourth-order valence-electron chi connectivity index (χ4n) is 2.37.